The zero-order valence-corrected chi connectivity index (χ0v) is 12.3. The normalized spacial score (nSPS) is 11.0. The molecule has 0 fully saturated rings. The Morgan fingerprint density at radius 2 is 1.82 bits per heavy atom. The van der Waals surface area contributed by atoms with Crippen LogP contribution >= 0.6 is 22.7 Å². The fraction of sp³-hybridized carbons (Fsp3) is 0.429. The molecule has 0 aliphatic heterocycles. The summed E-state index contributed by atoms with van der Waals surface area (Å²) >= 11 is 3.80. The molecule has 2 aromatic rings. The molecule has 0 spiro atoms. The van der Waals surface area contributed by atoms with Crippen molar-refractivity contribution in [2.24, 2.45) is 0 Å². The second-order valence-corrected chi connectivity index (χ2v) is 6.98. The molecular formula is C14H19NS2. The van der Waals surface area contributed by atoms with Crippen LogP contribution < -0.4 is 5.32 Å². The first-order chi connectivity index (χ1) is 8.19. The molecule has 0 amide bonds. The first-order valence-corrected chi connectivity index (χ1v) is 7.66. The zero-order chi connectivity index (χ0) is 12.3. The van der Waals surface area contributed by atoms with Gasteiger partial charge in [0.15, 0.2) is 0 Å². The van der Waals surface area contributed by atoms with Gasteiger partial charge in [-0.25, -0.2) is 0 Å². The minimum atomic E-state index is 0.982. The van der Waals surface area contributed by atoms with Gasteiger partial charge >= 0.3 is 0 Å². The Balaban J connectivity index is 1.85. The highest BCUT2D eigenvalue weighted by Crippen LogP contribution is 2.21. The van der Waals surface area contributed by atoms with Gasteiger partial charge in [0, 0.05) is 32.6 Å². The molecule has 1 nitrogen and oxygen atoms in total. The van der Waals surface area contributed by atoms with Gasteiger partial charge in [0.2, 0.25) is 0 Å². The molecule has 0 unspecified atom stereocenters. The van der Waals surface area contributed by atoms with Crippen molar-refractivity contribution >= 4 is 22.7 Å². The van der Waals surface area contributed by atoms with Crippen molar-refractivity contribution < 1.29 is 0 Å². The predicted molar refractivity (Wildman–Crippen MR) is 78.0 cm³/mol. The van der Waals surface area contributed by atoms with Crippen LogP contribution in [-0.4, -0.2) is 0 Å². The van der Waals surface area contributed by atoms with E-state index in [1.54, 1.807) is 0 Å². The van der Waals surface area contributed by atoms with Crippen LogP contribution in [0.15, 0.2) is 18.2 Å². The number of aryl methyl sites for hydroxylation is 3. The highest BCUT2D eigenvalue weighted by atomic mass is 32.1. The summed E-state index contributed by atoms with van der Waals surface area (Å²) in [5.74, 6) is 0. The molecule has 0 atom stereocenters. The van der Waals surface area contributed by atoms with Gasteiger partial charge in [-0.05, 0) is 44.0 Å². The maximum atomic E-state index is 3.53. The number of nitrogens with one attached hydrogen (secondary N) is 1. The van der Waals surface area contributed by atoms with Gasteiger partial charge in [-0.15, -0.1) is 22.7 Å². The van der Waals surface area contributed by atoms with Gasteiger partial charge in [0.1, 0.15) is 0 Å². The summed E-state index contributed by atoms with van der Waals surface area (Å²) < 4.78 is 0. The van der Waals surface area contributed by atoms with Gasteiger partial charge < -0.3 is 5.32 Å². The van der Waals surface area contributed by atoms with Crippen LogP contribution in [0.4, 0.5) is 0 Å². The third-order valence-electron chi connectivity index (χ3n) is 2.82. The van der Waals surface area contributed by atoms with Crippen LogP contribution in [0.25, 0.3) is 0 Å². The highest BCUT2D eigenvalue weighted by molar-refractivity contribution is 7.12. The Morgan fingerprint density at radius 1 is 1.06 bits per heavy atom. The molecule has 0 saturated heterocycles. The van der Waals surface area contributed by atoms with Crippen LogP contribution in [0, 0.1) is 13.8 Å². The molecule has 0 aliphatic carbocycles. The molecule has 0 bridgehead atoms. The van der Waals surface area contributed by atoms with Crippen LogP contribution in [0.5, 0.6) is 0 Å². The van der Waals surface area contributed by atoms with Gasteiger partial charge in [0.05, 0.1) is 0 Å². The molecule has 2 aromatic heterocycles. The minimum Gasteiger partial charge on any atom is -0.308 e. The summed E-state index contributed by atoms with van der Waals surface area (Å²) in [5, 5.41) is 3.53. The minimum absolute atomic E-state index is 0.982. The molecule has 0 radical (unpaired) electrons. The van der Waals surface area contributed by atoms with E-state index in [2.05, 4.69) is 44.3 Å². The van der Waals surface area contributed by atoms with Crippen LogP contribution in [-0.2, 0) is 19.5 Å². The molecule has 0 saturated carbocycles. The number of rotatable bonds is 5. The smallest absolute Gasteiger partial charge is 0.0303 e. The molecule has 1 N–H and O–H groups in total. The Labute approximate surface area is 112 Å². The Morgan fingerprint density at radius 3 is 2.41 bits per heavy atom. The fourth-order valence-corrected chi connectivity index (χ4v) is 3.76. The van der Waals surface area contributed by atoms with Gasteiger partial charge in [-0.1, -0.05) is 6.92 Å². The summed E-state index contributed by atoms with van der Waals surface area (Å²) in [6.07, 6.45) is 1.15. The number of thiophene rings is 2. The molecular weight excluding hydrogens is 246 g/mol. The number of hydrogen-bond acceptors (Lipinski definition) is 3. The predicted octanol–water partition coefficient (Wildman–Crippen LogP) is 4.28. The van der Waals surface area contributed by atoms with Gasteiger partial charge in [-0.3, -0.25) is 0 Å². The Kier molecular flexibility index (Phi) is 4.37. The van der Waals surface area contributed by atoms with Crippen molar-refractivity contribution in [3.8, 4) is 0 Å². The van der Waals surface area contributed by atoms with E-state index in [9.17, 15) is 0 Å². The topological polar surface area (TPSA) is 12.0 Å². The third-order valence-corrected chi connectivity index (χ3v) is 5.06. The number of hydrogen-bond donors (Lipinski definition) is 1. The van der Waals surface area contributed by atoms with E-state index < -0.39 is 0 Å². The lowest BCUT2D eigenvalue weighted by Gasteiger charge is -2.02. The Hall–Kier alpha value is -0.640. The Bertz CT molecular complexity index is 482. The van der Waals surface area contributed by atoms with E-state index in [-0.39, 0.29) is 0 Å². The maximum Gasteiger partial charge on any atom is 0.0303 e. The van der Waals surface area contributed by atoms with Crippen molar-refractivity contribution in [2.45, 2.75) is 40.3 Å². The van der Waals surface area contributed by atoms with E-state index in [0.29, 0.717) is 0 Å². The average Bonchev–Trinajstić information content (AvgIpc) is 2.86. The molecule has 2 rings (SSSR count). The monoisotopic (exact) mass is 265 g/mol. The van der Waals surface area contributed by atoms with E-state index >= 15 is 0 Å². The second-order valence-electron chi connectivity index (χ2n) is 4.26. The van der Waals surface area contributed by atoms with Crippen LogP contribution in [0.1, 0.15) is 32.0 Å². The maximum absolute atomic E-state index is 3.53. The lowest BCUT2D eigenvalue weighted by molar-refractivity contribution is 0.700. The van der Waals surface area contributed by atoms with E-state index in [4.69, 9.17) is 0 Å². The molecule has 0 aromatic carbocycles. The lowest BCUT2D eigenvalue weighted by atomic mass is 10.2. The lowest BCUT2D eigenvalue weighted by Crippen LogP contribution is -2.11. The van der Waals surface area contributed by atoms with Crippen molar-refractivity contribution in [2.75, 3.05) is 0 Å². The third kappa shape index (κ3) is 3.41. The van der Waals surface area contributed by atoms with Crippen molar-refractivity contribution in [1.29, 1.82) is 0 Å². The van der Waals surface area contributed by atoms with E-state index in [1.165, 1.54) is 25.1 Å². The molecule has 2 heterocycles. The van der Waals surface area contributed by atoms with Gasteiger partial charge in [-0.2, -0.15) is 0 Å². The van der Waals surface area contributed by atoms with Crippen molar-refractivity contribution in [1.82, 2.24) is 5.32 Å². The SMILES string of the molecule is CCc1ccc(CNCc2cc(C)sc2C)s1. The standard InChI is InChI=1S/C14H19NS2/c1-4-13-5-6-14(17-13)9-15-8-12-7-10(2)16-11(12)3/h5-7,15H,4,8-9H2,1-3H3. The summed E-state index contributed by atoms with van der Waals surface area (Å²) in [4.78, 5) is 5.76. The molecule has 0 aliphatic rings. The first kappa shape index (κ1) is 12.8. The second kappa shape index (κ2) is 5.80. The van der Waals surface area contributed by atoms with Crippen LogP contribution in [0.3, 0.4) is 0 Å². The van der Waals surface area contributed by atoms with Crippen molar-refractivity contribution in [3.05, 3.63) is 43.3 Å². The summed E-state index contributed by atoms with van der Waals surface area (Å²) in [5.41, 5.74) is 1.44. The summed E-state index contributed by atoms with van der Waals surface area (Å²) in [7, 11) is 0. The zero-order valence-electron chi connectivity index (χ0n) is 10.7. The summed E-state index contributed by atoms with van der Waals surface area (Å²) in [6.45, 7) is 8.55. The van der Waals surface area contributed by atoms with E-state index in [0.717, 1.165) is 19.5 Å². The van der Waals surface area contributed by atoms with Crippen LogP contribution in [0.2, 0.25) is 0 Å². The summed E-state index contributed by atoms with van der Waals surface area (Å²) in [6, 6.07) is 6.77. The molecule has 92 valence electrons. The van der Waals surface area contributed by atoms with E-state index in [1.807, 2.05) is 22.7 Å². The fourth-order valence-electron chi connectivity index (χ4n) is 1.89. The highest BCUT2D eigenvalue weighted by Gasteiger charge is 2.03. The molecule has 17 heavy (non-hydrogen) atoms. The first-order valence-electron chi connectivity index (χ1n) is 6.03. The van der Waals surface area contributed by atoms with Crippen molar-refractivity contribution in [3.63, 3.8) is 0 Å². The quantitative estimate of drug-likeness (QED) is 0.851. The molecule has 3 heteroatoms. The largest absolute Gasteiger partial charge is 0.308 e. The van der Waals surface area contributed by atoms with Gasteiger partial charge in [0.25, 0.3) is 0 Å². The average molecular weight is 265 g/mol.